The van der Waals surface area contributed by atoms with E-state index in [-0.39, 0.29) is 0 Å². The van der Waals surface area contributed by atoms with Crippen molar-refractivity contribution in [1.82, 2.24) is 0 Å². The molecular weight excluding hydrogens is 250 g/mol. The summed E-state index contributed by atoms with van der Waals surface area (Å²) in [5, 5.41) is 0.293. The summed E-state index contributed by atoms with van der Waals surface area (Å²) < 4.78 is 14.7. The first-order chi connectivity index (χ1) is 6.40. The summed E-state index contributed by atoms with van der Waals surface area (Å²) in [5.41, 5.74) is -0.941. The van der Waals surface area contributed by atoms with Gasteiger partial charge in [-0.2, -0.15) is 0 Å². The van der Waals surface area contributed by atoms with Gasteiger partial charge in [-0.1, -0.05) is 41.4 Å². The highest BCUT2D eigenvalue weighted by molar-refractivity contribution is 7.46. The van der Waals surface area contributed by atoms with Gasteiger partial charge in [0.2, 0.25) is 0 Å². The number of phosphoric ester groups is 1. The fourth-order valence-electron chi connectivity index (χ4n) is 0.836. The lowest BCUT2D eigenvalue weighted by atomic mass is 10.2. The highest BCUT2D eigenvalue weighted by Gasteiger charge is 2.22. The Balaban J connectivity index is 2.85. The molecule has 0 fully saturated rings. The Morgan fingerprint density at radius 2 is 1.93 bits per heavy atom. The minimum Gasteiger partial charge on any atom is -0.303 e. The largest absolute Gasteiger partial charge is 0.471 e. The Hall–Kier alpha value is -0.0900. The van der Waals surface area contributed by atoms with Gasteiger partial charge in [-0.05, 0) is 6.07 Å². The fourth-order valence-corrected chi connectivity index (χ4v) is 1.98. The van der Waals surface area contributed by atoms with Crippen LogP contribution in [0.15, 0.2) is 24.3 Å². The van der Waals surface area contributed by atoms with Crippen molar-refractivity contribution in [2.24, 2.45) is 0 Å². The van der Waals surface area contributed by atoms with Gasteiger partial charge >= 0.3 is 7.82 Å². The lowest BCUT2D eigenvalue weighted by Gasteiger charge is -2.12. The van der Waals surface area contributed by atoms with E-state index in [2.05, 4.69) is 4.52 Å². The van der Waals surface area contributed by atoms with Crippen molar-refractivity contribution >= 4 is 31.0 Å². The van der Waals surface area contributed by atoms with E-state index in [1.165, 1.54) is 6.07 Å². The molecule has 4 nitrogen and oxygen atoms in total. The van der Waals surface area contributed by atoms with E-state index in [1.807, 2.05) is 0 Å². The third-order valence-electron chi connectivity index (χ3n) is 1.38. The normalized spacial score (nSPS) is 14.0. The predicted octanol–water partition coefficient (Wildman–Crippen LogP) is 2.69. The molecule has 1 aromatic carbocycles. The number of halogens is 2. The molecule has 1 atom stereocenters. The third-order valence-corrected chi connectivity index (χ3v) is 2.66. The summed E-state index contributed by atoms with van der Waals surface area (Å²) in [6.07, 6.45) is 0. The van der Waals surface area contributed by atoms with Crippen molar-refractivity contribution in [3.63, 3.8) is 0 Å². The highest BCUT2D eigenvalue weighted by atomic mass is 35.5. The molecule has 0 saturated heterocycles. The average molecular weight is 257 g/mol. The topological polar surface area (TPSA) is 66.8 Å². The maximum absolute atomic E-state index is 10.5. The van der Waals surface area contributed by atoms with Gasteiger partial charge in [0.1, 0.15) is 0 Å². The van der Waals surface area contributed by atoms with Crippen LogP contribution in [0.3, 0.4) is 0 Å². The van der Waals surface area contributed by atoms with E-state index in [0.717, 1.165) is 0 Å². The minimum atomic E-state index is -4.60. The molecule has 0 saturated carbocycles. The van der Waals surface area contributed by atoms with Gasteiger partial charge in [0.05, 0.1) is 0 Å². The van der Waals surface area contributed by atoms with Gasteiger partial charge in [-0.3, -0.25) is 4.52 Å². The van der Waals surface area contributed by atoms with Crippen LogP contribution in [0.2, 0.25) is 5.02 Å². The van der Waals surface area contributed by atoms with E-state index in [1.54, 1.807) is 18.2 Å². The van der Waals surface area contributed by atoms with Crippen LogP contribution in [-0.4, -0.2) is 9.79 Å². The Morgan fingerprint density at radius 3 is 2.43 bits per heavy atom. The van der Waals surface area contributed by atoms with E-state index in [0.29, 0.717) is 10.6 Å². The summed E-state index contributed by atoms with van der Waals surface area (Å²) >= 11 is 11.3. The van der Waals surface area contributed by atoms with Crippen LogP contribution in [0.4, 0.5) is 0 Å². The number of rotatable bonds is 3. The quantitative estimate of drug-likeness (QED) is 0.645. The molecule has 14 heavy (non-hydrogen) atoms. The first-order valence-electron chi connectivity index (χ1n) is 3.52. The van der Waals surface area contributed by atoms with Gasteiger partial charge in [0.15, 0.2) is 5.56 Å². The zero-order chi connectivity index (χ0) is 10.8. The van der Waals surface area contributed by atoms with Crippen LogP contribution in [0.25, 0.3) is 0 Å². The Labute approximate surface area is 90.7 Å². The van der Waals surface area contributed by atoms with Crippen LogP contribution in [0.1, 0.15) is 11.1 Å². The second-order valence-corrected chi connectivity index (χ2v) is 4.43. The molecule has 0 heterocycles. The van der Waals surface area contributed by atoms with Crippen molar-refractivity contribution in [2.45, 2.75) is 5.56 Å². The average Bonchev–Trinajstić information content (AvgIpc) is 2.01. The molecule has 0 amide bonds. The number of hydrogen-bond donors (Lipinski definition) is 2. The SMILES string of the molecule is O=P(O)(O)OC(Cl)c1ccccc1Cl. The lowest BCUT2D eigenvalue weighted by Crippen LogP contribution is -1.96. The molecule has 0 radical (unpaired) electrons. The number of hydrogen-bond acceptors (Lipinski definition) is 2. The number of alkyl halides is 1. The van der Waals surface area contributed by atoms with Crippen molar-refractivity contribution < 1.29 is 18.9 Å². The minimum absolute atomic E-state index is 0.293. The Morgan fingerprint density at radius 1 is 1.36 bits per heavy atom. The molecule has 7 heteroatoms. The van der Waals surface area contributed by atoms with Crippen LogP contribution in [-0.2, 0) is 9.09 Å². The number of benzene rings is 1. The Bertz CT molecular complexity index is 364. The van der Waals surface area contributed by atoms with E-state index in [9.17, 15) is 4.57 Å². The monoisotopic (exact) mass is 256 g/mol. The zero-order valence-electron chi connectivity index (χ0n) is 6.80. The first kappa shape index (κ1) is 12.0. The van der Waals surface area contributed by atoms with Crippen molar-refractivity contribution in [1.29, 1.82) is 0 Å². The molecule has 1 unspecified atom stereocenters. The summed E-state index contributed by atoms with van der Waals surface area (Å²) in [4.78, 5) is 17.0. The summed E-state index contributed by atoms with van der Waals surface area (Å²) in [5.74, 6) is 0. The maximum atomic E-state index is 10.5. The van der Waals surface area contributed by atoms with Gasteiger partial charge < -0.3 is 9.79 Å². The molecule has 1 rings (SSSR count). The van der Waals surface area contributed by atoms with Gasteiger partial charge in [-0.15, -0.1) is 0 Å². The molecule has 0 aliphatic heterocycles. The van der Waals surface area contributed by atoms with E-state index >= 15 is 0 Å². The van der Waals surface area contributed by atoms with Gasteiger partial charge in [0.25, 0.3) is 0 Å². The van der Waals surface area contributed by atoms with Crippen molar-refractivity contribution in [3.05, 3.63) is 34.9 Å². The molecule has 78 valence electrons. The molecule has 0 bridgehead atoms. The van der Waals surface area contributed by atoms with Crippen LogP contribution >= 0.6 is 31.0 Å². The van der Waals surface area contributed by atoms with Crippen molar-refractivity contribution in [2.75, 3.05) is 0 Å². The standard InChI is InChI=1S/C7H7Cl2O4P/c8-6-4-2-1-3-5(6)7(9)13-14(10,11)12/h1-4,7H,(H2,10,11,12). The zero-order valence-corrected chi connectivity index (χ0v) is 9.21. The molecule has 0 aromatic heterocycles. The summed E-state index contributed by atoms with van der Waals surface area (Å²) in [6.45, 7) is 0. The summed E-state index contributed by atoms with van der Waals surface area (Å²) in [7, 11) is -4.60. The fraction of sp³-hybridized carbons (Fsp3) is 0.143. The molecule has 2 N–H and O–H groups in total. The third kappa shape index (κ3) is 3.58. The van der Waals surface area contributed by atoms with Gasteiger partial charge in [0, 0.05) is 10.6 Å². The second kappa shape index (κ2) is 4.62. The predicted molar refractivity (Wildman–Crippen MR) is 53.2 cm³/mol. The maximum Gasteiger partial charge on any atom is 0.471 e. The molecule has 0 aliphatic rings. The molecule has 1 aromatic rings. The first-order valence-corrected chi connectivity index (χ1v) is 5.87. The summed E-state index contributed by atoms with van der Waals surface area (Å²) in [6, 6.07) is 6.39. The van der Waals surface area contributed by atoms with Crippen molar-refractivity contribution in [3.8, 4) is 0 Å². The van der Waals surface area contributed by atoms with Crippen LogP contribution in [0.5, 0.6) is 0 Å². The van der Waals surface area contributed by atoms with Crippen LogP contribution in [0, 0.1) is 0 Å². The van der Waals surface area contributed by atoms with Crippen LogP contribution < -0.4 is 0 Å². The second-order valence-electron chi connectivity index (χ2n) is 2.43. The number of phosphoric acid groups is 1. The van der Waals surface area contributed by atoms with E-state index in [4.69, 9.17) is 33.0 Å². The Kier molecular flexibility index (Phi) is 3.95. The molecule has 0 spiro atoms. The smallest absolute Gasteiger partial charge is 0.303 e. The van der Waals surface area contributed by atoms with E-state index < -0.39 is 13.4 Å². The lowest BCUT2D eigenvalue weighted by molar-refractivity contribution is 0.180. The van der Waals surface area contributed by atoms with Gasteiger partial charge in [-0.25, -0.2) is 4.57 Å². The molecular formula is C7H7Cl2O4P. The molecule has 0 aliphatic carbocycles. The highest BCUT2D eigenvalue weighted by Crippen LogP contribution is 2.44.